The van der Waals surface area contributed by atoms with Crippen LogP contribution in [0.3, 0.4) is 0 Å². The summed E-state index contributed by atoms with van der Waals surface area (Å²) in [5.41, 5.74) is -0.234. The van der Waals surface area contributed by atoms with Crippen molar-refractivity contribution >= 4 is 28.8 Å². The molecule has 1 amide bonds. The number of carbonyl (C=O) groups excluding carboxylic acids is 2. The molecule has 30 heavy (non-hydrogen) atoms. The lowest BCUT2D eigenvalue weighted by Gasteiger charge is -2.25. The van der Waals surface area contributed by atoms with Crippen LogP contribution in [-0.4, -0.2) is 27.0 Å². The van der Waals surface area contributed by atoms with Crippen LogP contribution in [0, 0.1) is 5.92 Å². The van der Waals surface area contributed by atoms with Gasteiger partial charge in [-0.1, -0.05) is 6.07 Å². The summed E-state index contributed by atoms with van der Waals surface area (Å²) in [4.78, 5) is 26.7. The number of alkyl halides is 3. The molecule has 156 valence electrons. The number of carbonyl (C=O) groups is 2. The lowest BCUT2D eigenvalue weighted by molar-refractivity contribution is -0.141. The van der Waals surface area contributed by atoms with E-state index in [1.165, 1.54) is 6.07 Å². The van der Waals surface area contributed by atoms with Gasteiger partial charge in [-0.2, -0.15) is 18.3 Å². The van der Waals surface area contributed by atoms with E-state index >= 15 is 0 Å². The molecule has 4 rings (SSSR count). The van der Waals surface area contributed by atoms with Gasteiger partial charge in [-0.3, -0.25) is 9.48 Å². The summed E-state index contributed by atoms with van der Waals surface area (Å²) >= 11 is 0. The molecule has 0 atom stereocenters. The number of pyridine rings is 1. The first kappa shape index (κ1) is 20.1. The van der Waals surface area contributed by atoms with Crippen LogP contribution in [0.5, 0.6) is 0 Å². The van der Waals surface area contributed by atoms with Gasteiger partial charge in [0.2, 0.25) is 0 Å². The second-order valence-electron chi connectivity index (χ2n) is 7.45. The number of hydrogen-bond acceptors (Lipinski definition) is 4. The predicted molar refractivity (Wildman–Crippen MR) is 104 cm³/mol. The monoisotopic (exact) mass is 416 g/mol. The number of aromatic nitrogens is 3. The third-order valence-corrected chi connectivity index (χ3v) is 5.36. The number of nitrogens with zero attached hydrogens (tertiary/aromatic N) is 3. The van der Waals surface area contributed by atoms with E-state index in [-0.39, 0.29) is 17.7 Å². The highest BCUT2D eigenvalue weighted by Crippen LogP contribution is 2.32. The third-order valence-electron chi connectivity index (χ3n) is 5.36. The Bertz CT molecular complexity index is 1090. The molecule has 1 N–H and O–H groups in total. The number of nitrogens with one attached hydrogen (secondary N) is 1. The van der Waals surface area contributed by atoms with Crippen molar-refractivity contribution in [2.45, 2.75) is 37.9 Å². The van der Waals surface area contributed by atoms with Crippen molar-refractivity contribution in [2.75, 3.05) is 5.32 Å². The highest BCUT2D eigenvalue weighted by atomic mass is 19.4. The molecule has 0 bridgehead atoms. The van der Waals surface area contributed by atoms with E-state index < -0.39 is 17.8 Å². The first-order valence-corrected chi connectivity index (χ1v) is 9.63. The normalized spacial score (nSPS) is 19.6. The molecule has 9 heteroatoms. The molecule has 0 aliphatic heterocycles. The van der Waals surface area contributed by atoms with Gasteiger partial charge in [0.05, 0.1) is 11.6 Å². The zero-order valence-corrected chi connectivity index (χ0v) is 15.9. The van der Waals surface area contributed by atoms with Crippen LogP contribution in [0.4, 0.5) is 18.9 Å². The van der Waals surface area contributed by atoms with Crippen LogP contribution in [0.25, 0.3) is 10.9 Å². The highest BCUT2D eigenvalue weighted by molar-refractivity contribution is 6.03. The molecule has 1 aliphatic rings. The number of halogens is 3. The molecule has 6 nitrogen and oxygen atoms in total. The van der Waals surface area contributed by atoms with Crippen molar-refractivity contribution in [3.63, 3.8) is 0 Å². The molecular formula is C21H19F3N4O2. The minimum Gasteiger partial charge on any atom is -0.321 e. The number of anilines is 1. The van der Waals surface area contributed by atoms with Crippen LogP contribution in [-0.2, 0) is 11.0 Å². The first-order valence-electron chi connectivity index (χ1n) is 9.63. The molecule has 3 aromatic rings. The van der Waals surface area contributed by atoms with Gasteiger partial charge in [0, 0.05) is 23.2 Å². The maximum Gasteiger partial charge on any atom is 0.433 e. The Balaban J connectivity index is 1.50. The summed E-state index contributed by atoms with van der Waals surface area (Å²) in [7, 11) is 0. The number of fused-ring (bicyclic) bond motifs is 1. The Hall–Kier alpha value is -3.23. The number of benzene rings is 1. The predicted octanol–water partition coefficient (Wildman–Crippen LogP) is 4.63. The second-order valence-corrected chi connectivity index (χ2v) is 7.45. The number of aldehydes is 1. The number of hydrogen-bond donors (Lipinski definition) is 1. The summed E-state index contributed by atoms with van der Waals surface area (Å²) in [6.07, 6.45) is 1.73. The summed E-state index contributed by atoms with van der Waals surface area (Å²) in [5, 5.41) is 7.98. The van der Waals surface area contributed by atoms with Gasteiger partial charge in [-0.05, 0) is 56.0 Å². The van der Waals surface area contributed by atoms with Gasteiger partial charge >= 0.3 is 6.18 Å². The van der Waals surface area contributed by atoms with Gasteiger partial charge in [-0.15, -0.1) is 0 Å². The SMILES string of the molecule is O=CC1CCC(n2cc3cc(NC(=O)c4cccc(C(F)(F)F)n4)ccc3n2)CC1. The van der Waals surface area contributed by atoms with Crippen LogP contribution < -0.4 is 5.32 Å². The van der Waals surface area contributed by atoms with Crippen molar-refractivity contribution in [2.24, 2.45) is 5.92 Å². The van der Waals surface area contributed by atoms with Crippen molar-refractivity contribution < 1.29 is 22.8 Å². The van der Waals surface area contributed by atoms with Gasteiger partial charge in [-0.25, -0.2) is 4.98 Å². The topological polar surface area (TPSA) is 76.9 Å². The summed E-state index contributed by atoms with van der Waals surface area (Å²) in [6.45, 7) is 0. The maximum atomic E-state index is 12.8. The lowest BCUT2D eigenvalue weighted by Crippen LogP contribution is -2.19. The van der Waals surface area contributed by atoms with Crippen LogP contribution >= 0.6 is 0 Å². The smallest absolute Gasteiger partial charge is 0.321 e. The first-order chi connectivity index (χ1) is 14.3. The Morgan fingerprint density at radius 1 is 1.13 bits per heavy atom. The second kappa shape index (κ2) is 7.89. The third kappa shape index (κ3) is 4.19. The van der Waals surface area contributed by atoms with E-state index in [9.17, 15) is 22.8 Å². The van der Waals surface area contributed by atoms with Crippen molar-refractivity contribution in [3.05, 3.63) is 54.0 Å². The zero-order valence-electron chi connectivity index (χ0n) is 15.9. The Morgan fingerprint density at radius 2 is 1.90 bits per heavy atom. The van der Waals surface area contributed by atoms with Crippen molar-refractivity contribution in [1.29, 1.82) is 0 Å². The quantitative estimate of drug-likeness (QED) is 0.629. The molecule has 2 aromatic heterocycles. The molecule has 0 spiro atoms. The van der Waals surface area contributed by atoms with Crippen LogP contribution in [0.1, 0.15) is 47.9 Å². The van der Waals surface area contributed by atoms with Crippen molar-refractivity contribution in [3.8, 4) is 0 Å². The van der Waals surface area contributed by atoms with Gasteiger partial charge in [0.1, 0.15) is 17.7 Å². The van der Waals surface area contributed by atoms with Crippen LogP contribution in [0.2, 0.25) is 0 Å². The Morgan fingerprint density at radius 3 is 2.60 bits per heavy atom. The molecule has 1 aromatic carbocycles. The summed E-state index contributed by atoms with van der Waals surface area (Å²) in [6, 6.07) is 8.54. The van der Waals surface area contributed by atoms with E-state index in [4.69, 9.17) is 0 Å². The molecule has 0 saturated heterocycles. The average Bonchev–Trinajstić information content (AvgIpc) is 3.16. The minimum absolute atomic E-state index is 0.123. The molecule has 1 saturated carbocycles. The maximum absolute atomic E-state index is 12.8. The fourth-order valence-electron chi connectivity index (χ4n) is 3.73. The molecule has 2 heterocycles. The largest absolute Gasteiger partial charge is 0.433 e. The molecule has 0 radical (unpaired) electrons. The van der Waals surface area contributed by atoms with E-state index in [0.717, 1.165) is 55.0 Å². The minimum atomic E-state index is -4.62. The summed E-state index contributed by atoms with van der Waals surface area (Å²) in [5.74, 6) is -0.600. The molecule has 1 aliphatic carbocycles. The average molecular weight is 416 g/mol. The molecular weight excluding hydrogens is 397 g/mol. The molecule has 1 fully saturated rings. The number of amides is 1. The summed E-state index contributed by atoms with van der Waals surface area (Å²) < 4.78 is 40.3. The van der Waals surface area contributed by atoms with E-state index in [1.807, 2.05) is 10.9 Å². The lowest BCUT2D eigenvalue weighted by atomic mass is 9.87. The highest BCUT2D eigenvalue weighted by Gasteiger charge is 2.33. The molecule has 0 unspecified atom stereocenters. The zero-order chi connectivity index (χ0) is 21.3. The van der Waals surface area contributed by atoms with Gasteiger partial charge < -0.3 is 10.1 Å². The Kier molecular flexibility index (Phi) is 5.27. The van der Waals surface area contributed by atoms with E-state index in [0.29, 0.717) is 5.69 Å². The number of rotatable bonds is 4. The van der Waals surface area contributed by atoms with E-state index in [2.05, 4.69) is 15.4 Å². The Labute approximate surface area is 170 Å². The fourth-order valence-corrected chi connectivity index (χ4v) is 3.73. The van der Waals surface area contributed by atoms with E-state index in [1.54, 1.807) is 18.2 Å². The fraction of sp³-hybridized carbons (Fsp3) is 0.333. The van der Waals surface area contributed by atoms with Gasteiger partial charge in [0.25, 0.3) is 5.91 Å². The standard InChI is InChI=1S/C21H19F3N4O2/c22-21(23,24)19-3-1-2-18(26-19)20(30)25-15-6-9-17-14(10-15)11-28(27-17)16-7-4-13(12-29)5-8-16/h1-3,6,9-13,16H,4-5,7-8H2,(H,25,30). The van der Waals surface area contributed by atoms with Crippen LogP contribution in [0.15, 0.2) is 42.6 Å². The van der Waals surface area contributed by atoms with Crippen molar-refractivity contribution in [1.82, 2.24) is 14.8 Å². The van der Waals surface area contributed by atoms with Gasteiger partial charge in [0.15, 0.2) is 0 Å².